The zero-order chi connectivity index (χ0) is 13.8. The molecule has 2 aromatic carbocycles. The zero-order valence-corrected chi connectivity index (χ0v) is 12.7. The van der Waals surface area contributed by atoms with Gasteiger partial charge in [-0.15, -0.1) is 0 Å². The minimum absolute atomic E-state index is 0.273. The molecule has 0 amide bonds. The molecule has 100 valence electrons. The van der Waals surface area contributed by atoms with Gasteiger partial charge in [0.15, 0.2) is 0 Å². The lowest BCUT2D eigenvalue weighted by Gasteiger charge is -2.15. The largest absolute Gasteiger partial charge is 0.507 e. The molecule has 2 rings (SSSR count). The Kier molecular flexibility index (Phi) is 4.61. The van der Waals surface area contributed by atoms with Crippen LogP contribution in [0.3, 0.4) is 0 Å². The summed E-state index contributed by atoms with van der Waals surface area (Å²) in [5, 5.41) is 12.9. The van der Waals surface area contributed by atoms with E-state index in [1.807, 2.05) is 12.1 Å². The van der Waals surface area contributed by atoms with Crippen LogP contribution in [0.5, 0.6) is 5.75 Å². The van der Waals surface area contributed by atoms with Gasteiger partial charge >= 0.3 is 0 Å². The number of aromatic hydroxyl groups is 1. The van der Waals surface area contributed by atoms with E-state index in [4.69, 9.17) is 0 Å². The Hall–Kier alpha value is -1.32. The summed E-state index contributed by atoms with van der Waals surface area (Å²) in [5.74, 6) is 0.273. The van der Waals surface area contributed by atoms with Crippen LogP contribution in [0.25, 0.3) is 0 Å². The quantitative estimate of drug-likeness (QED) is 0.879. The number of rotatable bonds is 4. The summed E-state index contributed by atoms with van der Waals surface area (Å²) in [6, 6.07) is 14.4. The average Bonchev–Trinajstić information content (AvgIpc) is 2.40. The van der Waals surface area contributed by atoms with Crippen molar-refractivity contribution in [2.45, 2.75) is 26.4 Å². The average molecular weight is 320 g/mol. The Morgan fingerprint density at radius 3 is 2.47 bits per heavy atom. The Morgan fingerprint density at radius 1 is 1.16 bits per heavy atom. The van der Waals surface area contributed by atoms with E-state index in [0.717, 1.165) is 16.6 Å². The number of hydrogen-bond acceptors (Lipinski definition) is 2. The van der Waals surface area contributed by atoms with E-state index in [2.05, 4.69) is 59.4 Å². The van der Waals surface area contributed by atoms with E-state index >= 15 is 0 Å². The molecule has 1 atom stereocenters. The second-order valence-electron chi connectivity index (χ2n) is 4.80. The SMILES string of the molecule is Cc1ccc([C@H](C)NCc2ccc(O)c(Br)c2)cc1. The van der Waals surface area contributed by atoms with Gasteiger partial charge in [-0.05, 0) is 53.0 Å². The second kappa shape index (κ2) is 6.22. The van der Waals surface area contributed by atoms with Crippen LogP contribution in [0.1, 0.15) is 29.7 Å². The smallest absolute Gasteiger partial charge is 0.129 e. The standard InChI is InChI=1S/C16H18BrNO/c1-11-3-6-14(7-4-11)12(2)18-10-13-5-8-16(19)15(17)9-13/h3-9,12,18-19H,10H2,1-2H3/t12-/m0/s1. The first-order valence-electron chi connectivity index (χ1n) is 6.33. The van der Waals surface area contributed by atoms with Gasteiger partial charge in [0.1, 0.15) is 5.75 Å². The summed E-state index contributed by atoms with van der Waals surface area (Å²) in [7, 11) is 0. The van der Waals surface area contributed by atoms with E-state index < -0.39 is 0 Å². The highest BCUT2D eigenvalue weighted by Crippen LogP contribution is 2.24. The summed E-state index contributed by atoms with van der Waals surface area (Å²) in [4.78, 5) is 0. The van der Waals surface area contributed by atoms with Gasteiger partial charge in [-0.1, -0.05) is 35.9 Å². The Morgan fingerprint density at radius 2 is 1.84 bits per heavy atom. The molecule has 3 heteroatoms. The topological polar surface area (TPSA) is 32.3 Å². The van der Waals surface area contributed by atoms with Crippen LogP contribution in [-0.2, 0) is 6.54 Å². The molecule has 0 unspecified atom stereocenters. The minimum Gasteiger partial charge on any atom is -0.507 e. The van der Waals surface area contributed by atoms with Gasteiger partial charge in [0.2, 0.25) is 0 Å². The molecule has 0 saturated carbocycles. The van der Waals surface area contributed by atoms with Crippen molar-refractivity contribution in [2.75, 3.05) is 0 Å². The van der Waals surface area contributed by atoms with E-state index in [-0.39, 0.29) is 5.75 Å². The molecule has 0 radical (unpaired) electrons. The molecule has 2 N–H and O–H groups in total. The van der Waals surface area contributed by atoms with E-state index in [9.17, 15) is 5.11 Å². The predicted octanol–water partition coefficient (Wildman–Crippen LogP) is 4.31. The maximum atomic E-state index is 9.46. The summed E-state index contributed by atoms with van der Waals surface area (Å²) in [5.41, 5.74) is 3.70. The monoisotopic (exact) mass is 319 g/mol. The number of nitrogens with one attached hydrogen (secondary N) is 1. The van der Waals surface area contributed by atoms with Crippen LogP contribution in [0, 0.1) is 6.92 Å². The molecule has 2 aromatic rings. The van der Waals surface area contributed by atoms with Gasteiger partial charge in [0, 0.05) is 12.6 Å². The van der Waals surface area contributed by atoms with E-state index in [1.165, 1.54) is 11.1 Å². The van der Waals surface area contributed by atoms with Crippen molar-refractivity contribution in [1.82, 2.24) is 5.32 Å². The molecule has 0 bridgehead atoms. The molecular weight excluding hydrogens is 302 g/mol. The van der Waals surface area contributed by atoms with Gasteiger partial charge in [-0.3, -0.25) is 0 Å². The third-order valence-electron chi connectivity index (χ3n) is 3.20. The highest BCUT2D eigenvalue weighted by Gasteiger charge is 2.05. The van der Waals surface area contributed by atoms with Gasteiger partial charge in [0.25, 0.3) is 0 Å². The summed E-state index contributed by atoms with van der Waals surface area (Å²) >= 11 is 3.33. The minimum atomic E-state index is 0.273. The third-order valence-corrected chi connectivity index (χ3v) is 3.84. The van der Waals surface area contributed by atoms with Crippen LogP contribution >= 0.6 is 15.9 Å². The van der Waals surface area contributed by atoms with Crippen molar-refractivity contribution in [3.05, 3.63) is 63.6 Å². The van der Waals surface area contributed by atoms with Crippen LogP contribution in [-0.4, -0.2) is 5.11 Å². The molecule has 0 aromatic heterocycles. The maximum Gasteiger partial charge on any atom is 0.129 e. The van der Waals surface area contributed by atoms with Gasteiger partial charge in [0.05, 0.1) is 4.47 Å². The number of benzene rings is 2. The van der Waals surface area contributed by atoms with Crippen molar-refractivity contribution in [1.29, 1.82) is 0 Å². The molecule has 0 fully saturated rings. The lowest BCUT2D eigenvalue weighted by Crippen LogP contribution is -2.18. The highest BCUT2D eigenvalue weighted by atomic mass is 79.9. The summed E-state index contributed by atoms with van der Waals surface area (Å²) < 4.78 is 0.731. The second-order valence-corrected chi connectivity index (χ2v) is 5.65. The molecule has 2 nitrogen and oxygen atoms in total. The van der Waals surface area contributed by atoms with Gasteiger partial charge < -0.3 is 10.4 Å². The predicted molar refractivity (Wildman–Crippen MR) is 82.2 cm³/mol. The summed E-state index contributed by atoms with van der Waals surface area (Å²) in [6.07, 6.45) is 0. The first-order chi connectivity index (χ1) is 9.06. The van der Waals surface area contributed by atoms with Crippen molar-refractivity contribution in [2.24, 2.45) is 0 Å². The number of phenols is 1. The number of phenolic OH excluding ortho intramolecular Hbond substituents is 1. The Balaban J connectivity index is 1.98. The lowest BCUT2D eigenvalue weighted by atomic mass is 10.1. The molecule has 0 aliphatic rings. The Bertz CT molecular complexity index is 551. The van der Waals surface area contributed by atoms with Crippen molar-refractivity contribution >= 4 is 15.9 Å². The van der Waals surface area contributed by atoms with E-state index in [1.54, 1.807) is 6.07 Å². The fraction of sp³-hybridized carbons (Fsp3) is 0.250. The molecule has 0 aliphatic heterocycles. The normalized spacial score (nSPS) is 12.4. The van der Waals surface area contributed by atoms with Crippen molar-refractivity contribution in [3.63, 3.8) is 0 Å². The Labute approximate surface area is 122 Å². The van der Waals surface area contributed by atoms with Gasteiger partial charge in [-0.2, -0.15) is 0 Å². The maximum absolute atomic E-state index is 9.46. The van der Waals surface area contributed by atoms with Crippen molar-refractivity contribution in [3.8, 4) is 5.75 Å². The zero-order valence-electron chi connectivity index (χ0n) is 11.2. The molecule has 19 heavy (non-hydrogen) atoms. The molecule has 0 heterocycles. The number of hydrogen-bond donors (Lipinski definition) is 2. The van der Waals surface area contributed by atoms with Crippen LogP contribution in [0.4, 0.5) is 0 Å². The third kappa shape index (κ3) is 3.82. The first-order valence-corrected chi connectivity index (χ1v) is 7.13. The van der Waals surface area contributed by atoms with Crippen LogP contribution in [0.15, 0.2) is 46.9 Å². The summed E-state index contributed by atoms with van der Waals surface area (Å²) in [6.45, 7) is 5.02. The fourth-order valence-electron chi connectivity index (χ4n) is 1.90. The lowest BCUT2D eigenvalue weighted by molar-refractivity contribution is 0.471. The fourth-order valence-corrected chi connectivity index (χ4v) is 2.33. The van der Waals surface area contributed by atoms with Crippen LogP contribution in [0.2, 0.25) is 0 Å². The molecule has 0 saturated heterocycles. The molecule has 0 spiro atoms. The first kappa shape index (κ1) is 14.1. The van der Waals surface area contributed by atoms with Crippen molar-refractivity contribution < 1.29 is 5.11 Å². The number of halogens is 1. The number of aryl methyl sites for hydroxylation is 1. The molecular formula is C16H18BrNO. The van der Waals surface area contributed by atoms with Crippen LogP contribution < -0.4 is 5.32 Å². The highest BCUT2D eigenvalue weighted by molar-refractivity contribution is 9.10. The van der Waals surface area contributed by atoms with Gasteiger partial charge in [-0.25, -0.2) is 0 Å². The molecule has 0 aliphatic carbocycles. The van der Waals surface area contributed by atoms with E-state index in [0.29, 0.717) is 6.04 Å².